The van der Waals surface area contributed by atoms with E-state index in [1.54, 1.807) is 6.92 Å². The minimum absolute atomic E-state index is 0.103. The number of rotatable bonds is 4. The third-order valence-corrected chi connectivity index (χ3v) is 3.84. The van der Waals surface area contributed by atoms with Crippen molar-refractivity contribution in [2.24, 2.45) is 5.92 Å². The number of halogens is 1. The monoisotopic (exact) mass is 280 g/mol. The van der Waals surface area contributed by atoms with Crippen LogP contribution >= 0.6 is 0 Å². The molecule has 0 aliphatic heterocycles. The third kappa shape index (κ3) is 3.03. The number of ether oxygens (including phenoxy) is 1. The van der Waals surface area contributed by atoms with Crippen LogP contribution in [-0.2, 0) is 4.74 Å². The Morgan fingerprint density at radius 1 is 1.50 bits per heavy atom. The van der Waals surface area contributed by atoms with Crippen molar-refractivity contribution < 1.29 is 13.9 Å². The van der Waals surface area contributed by atoms with Gasteiger partial charge >= 0.3 is 5.97 Å². The molecule has 1 saturated carbocycles. The van der Waals surface area contributed by atoms with Crippen LogP contribution in [0.5, 0.6) is 0 Å². The Morgan fingerprint density at radius 3 is 2.85 bits per heavy atom. The average Bonchev–Trinajstić information content (AvgIpc) is 2.78. The number of carbonyl (C=O) groups is 1. The Balaban J connectivity index is 2.24. The molecule has 0 aromatic heterocycles. The molecular weight excluding hydrogens is 259 g/mol. The van der Waals surface area contributed by atoms with Crippen molar-refractivity contribution in [2.75, 3.05) is 17.7 Å². The van der Waals surface area contributed by atoms with Crippen molar-refractivity contribution in [1.82, 2.24) is 0 Å². The zero-order chi connectivity index (χ0) is 14.7. The summed E-state index contributed by atoms with van der Waals surface area (Å²) in [6, 6.07) is 2.87. The van der Waals surface area contributed by atoms with Crippen molar-refractivity contribution in [2.45, 2.75) is 39.2 Å². The van der Waals surface area contributed by atoms with E-state index >= 15 is 0 Å². The molecule has 5 heteroatoms. The van der Waals surface area contributed by atoms with Crippen LogP contribution in [0.4, 0.5) is 15.8 Å². The van der Waals surface area contributed by atoms with Gasteiger partial charge in [0, 0.05) is 11.7 Å². The van der Waals surface area contributed by atoms with Crippen molar-refractivity contribution in [3.05, 3.63) is 23.5 Å². The molecule has 0 bridgehead atoms. The second-order valence-electron chi connectivity index (χ2n) is 5.30. The van der Waals surface area contributed by atoms with Gasteiger partial charge in [-0.05, 0) is 37.8 Å². The van der Waals surface area contributed by atoms with Gasteiger partial charge in [0.25, 0.3) is 0 Å². The zero-order valence-electron chi connectivity index (χ0n) is 11.9. The van der Waals surface area contributed by atoms with Gasteiger partial charge in [-0.3, -0.25) is 0 Å². The first-order chi connectivity index (χ1) is 9.52. The Kier molecular flexibility index (Phi) is 4.47. The summed E-state index contributed by atoms with van der Waals surface area (Å²) >= 11 is 0. The van der Waals surface area contributed by atoms with Gasteiger partial charge in [-0.25, -0.2) is 9.18 Å². The second kappa shape index (κ2) is 6.11. The van der Waals surface area contributed by atoms with Crippen molar-refractivity contribution in [1.29, 1.82) is 0 Å². The molecule has 1 fully saturated rings. The van der Waals surface area contributed by atoms with E-state index in [1.807, 2.05) is 0 Å². The summed E-state index contributed by atoms with van der Waals surface area (Å²) in [6.07, 6.45) is 3.29. The van der Waals surface area contributed by atoms with Crippen molar-refractivity contribution in [3.8, 4) is 0 Å². The van der Waals surface area contributed by atoms with E-state index in [4.69, 9.17) is 10.5 Å². The number of hydrogen-bond donors (Lipinski definition) is 2. The first-order valence-corrected chi connectivity index (χ1v) is 7.05. The highest BCUT2D eigenvalue weighted by Crippen LogP contribution is 2.30. The fourth-order valence-electron chi connectivity index (χ4n) is 2.64. The van der Waals surface area contributed by atoms with E-state index in [0.717, 1.165) is 19.3 Å². The smallest absolute Gasteiger partial charge is 0.340 e. The van der Waals surface area contributed by atoms with Gasteiger partial charge in [-0.1, -0.05) is 13.3 Å². The molecule has 110 valence electrons. The van der Waals surface area contributed by atoms with Crippen LogP contribution in [0, 0.1) is 11.7 Å². The van der Waals surface area contributed by atoms with E-state index in [2.05, 4.69) is 12.2 Å². The first kappa shape index (κ1) is 14.6. The number of carbonyl (C=O) groups excluding carboxylic acids is 1. The summed E-state index contributed by atoms with van der Waals surface area (Å²) in [5.41, 5.74) is 6.32. The van der Waals surface area contributed by atoms with Crippen LogP contribution in [0.1, 0.15) is 43.5 Å². The van der Waals surface area contributed by atoms with Gasteiger partial charge in [0.15, 0.2) is 0 Å². The molecule has 0 spiro atoms. The fourth-order valence-corrected chi connectivity index (χ4v) is 2.64. The topological polar surface area (TPSA) is 64.3 Å². The largest absolute Gasteiger partial charge is 0.462 e. The minimum atomic E-state index is -0.521. The van der Waals surface area contributed by atoms with Crippen LogP contribution in [0.25, 0.3) is 0 Å². The second-order valence-corrected chi connectivity index (χ2v) is 5.30. The maximum absolute atomic E-state index is 14.0. The molecule has 2 rings (SSSR count). The summed E-state index contributed by atoms with van der Waals surface area (Å²) in [4.78, 5) is 11.8. The van der Waals surface area contributed by atoms with E-state index in [-0.39, 0.29) is 23.9 Å². The highest BCUT2D eigenvalue weighted by molar-refractivity contribution is 5.96. The zero-order valence-corrected chi connectivity index (χ0v) is 11.9. The summed E-state index contributed by atoms with van der Waals surface area (Å²) in [5, 5.41) is 3.19. The maximum Gasteiger partial charge on any atom is 0.340 e. The molecule has 3 N–H and O–H groups in total. The first-order valence-electron chi connectivity index (χ1n) is 7.05. The lowest BCUT2D eigenvalue weighted by atomic mass is 10.1. The number of hydrogen-bond acceptors (Lipinski definition) is 4. The highest BCUT2D eigenvalue weighted by atomic mass is 19.1. The SMILES string of the molecule is CCOC(=O)c1cc(NC2CCCC2C)c(F)cc1N. The quantitative estimate of drug-likeness (QED) is 0.656. The standard InChI is InChI=1S/C15H21FN2O2/c1-3-20-15(19)10-7-14(11(16)8-12(10)17)18-13-6-4-5-9(13)2/h7-9,13,18H,3-6,17H2,1-2H3. The van der Waals surface area contributed by atoms with Gasteiger partial charge in [-0.2, -0.15) is 0 Å². The number of benzene rings is 1. The summed E-state index contributed by atoms with van der Waals surface area (Å²) < 4.78 is 18.9. The maximum atomic E-state index is 14.0. The lowest BCUT2D eigenvalue weighted by Crippen LogP contribution is -2.23. The highest BCUT2D eigenvalue weighted by Gasteiger charge is 2.25. The van der Waals surface area contributed by atoms with Crippen LogP contribution < -0.4 is 11.1 Å². The van der Waals surface area contributed by atoms with Gasteiger partial charge in [0.05, 0.1) is 17.9 Å². The molecule has 2 atom stereocenters. The van der Waals surface area contributed by atoms with Gasteiger partial charge in [0.2, 0.25) is 0 Å². The van der Waals surface area contributed by atoms with Crippen LogP contribution in [-0.4, -0.2) is 18.6 Å². The molecule has 2 unspecified atom stereocenters. The molecule has 20 heavy (non-hydrogen) atoms. The summed E-state index contributed by atoms with van der Waals surface area (Å²) in [5.74, 6) is -0.458. The summed E-state index contributed by atoms with van der Waals surface area (Å²) in [6.45, 7) is 4.13. The van der Waals surface area contributed by atoms with Gasteiger partial charge < -0.3 is 15.8 Å². The molecular formula is C15H21FN2O2. The van der Waals surface area contributed by atoms with E-state index in [0.29, 0.717) is 11.6 Å². The average molecular weight is 280 g/mol. The van der Waals surface area contributed by atoms with Crippen LogP contribution in [0.15, 0.2) is 12.1 Å². The van der Waals surface area contributed by atoms with Crippen molar-refractivity contribution >= 4 is 17.3 Å². The molecule has 4 nitrogen and oxygen atoms in total. The van der Waals surface area contributed by atoms with E-state index in [9.17, 15) is 9.18 Å². The number of nitrogens with two attached hydrogens (primary N) is 1. The molecule has 0 heterocycles. The van der Waals surface area contributed by atoms with Gasteiger partial charge in [-0.15, -0.1) is 0 Å². The Labute approximate surface area is 118 Å². The summed E-state index contributed by atoms with van der Waals surface area (Å²) in [7, 11) is 0. The number of nitrogen functional groups attached to an aromatic ring is 1. The Hall–Kier alpha value is -1.78. The Bertz CT molecular complexity index is 505. The molecule has 0 radical (unpaired) electrons. The van der Waals surface area contributed by atoms with Gasteiger partial charge in [0.1, 0.15) is 5.82 Å². The van der Waals surface area contributed by atoms with Crippen LogP contribution in [0.2, 0.25) is 0 Å². The van der Waals surface area contributed by atoms with E-state index in [1.165, 1.54) is 12.1 Å². The molecule has 1 aliphatic rings. The fraction of sp³-hybridized carbons (Fsp3) is 0.533. The molecule has 1 aromatic rings. The number of anilines is 2. The van der Waals surface area contributed by atoms with Crippen LogP contribution in [0.3, 0.4) is 0 Å². The molecule has 1 aliphatic carbocycles. The lowest BCUT2D eigenvalue weighted by molar-refractivity contribution is 0.0527. The van der Waals surface area contributed by atoms with E-state index < -0.39 is 11.8 Å². The number of esters is 1. The van der Waals surface area contributed by atoms with Crippen molar-refractivity contribution in [3.63, 3.8) is 0 Å². The predicted molar refractivity (Wildman–Crippen MR) is 77.2 cm³/mol. The molecule has 0 saturated heterocycles. The number of nitrogens with one attached hydrogen (secondary N) is 1. The predicted octanol–water partition coefficient (Wildman–Crippen LogP) is 3.19. The molecule has 0 amide bonds. The normalized spacial score (nSPS) is 21.8. The minimum Gasteiger partial charge on any atom is -0.462 e. The Morgan fingerprint density at radius 2 is 2.25 bits per heavy atom. The lowest BCUT2D eigenvalue weighted by Gasteiger charge is -2.20. The molecule has 1 aromatic carbocycles. The third-order valence-electron chi connectivity index (χ3n) is 3.84.